The van der Waals surface area contributed by atoms with Crippen molar-refractivity contribution in [3.05, 3.63) is 69.3 Å². The number of hydrogen-bond acceptors (Lipinski definition) is 4. The highest BCUT2D eigenvalue weighted by Gasteiger charge is 2.65. The molecule has 1 aromatic heterocycles. The third-order valence-electron chi connectivity index (χ3n) is 6.49. The molecule has 2 aromatic carbocycles. The summed E-state index contributed by atoms with van der Waals surface area (Å²) in [5.74, 6) is -2.63. The lowest BCUT2D eigenvalue weighted by Crippen LogP contribution is -2.15. The van der Waals surface area contributed by atoms with Gasteiger partial charge < -0.3 is 15.5 Å². The van der Waals surface area contributed by atoms with E-state index in [4.69, 9.17) is 0 Å². The molecule has 0 bridgehead atoms. The lowest BCUT2D eigenvalue weighted by atomic mass is 9.92. The summed E-state index contributed by atoms with van der Waals surface area (Å²) in [6.45, 7) is 1.80. The van der Waals surface area contributed by atoms with Gasteiger partial charge in [0.25, 0.3) is 5.91 Å². The Bertz CT molecular complexity index is 1360. The Morgan fingerprint density at radius 1 is 1.12 bits per heavy atom. The molecule has 2 aliphatic carbocycles. The minimum absolute atomic E-state index is 0.0640. The van der Waals surface area contributed by atoms with Gasteiger partial charge in [0.05, 0.1) is 11.1 Å². The quantitative estimate of drug-likeness (QED) is 0.367. The summed E-state index contributed by atoms with van der Waals surface area (Å²) < 4.78 is 54.5. The van der Waals surface area contributed by atoms with Crippen molar-refractivity contribution in [3.63, 3.8) is 0 Å². The number of alkyl halides is 3. The van der Waals surface area contributed by atoms with Crippen LogP contribution in [-0.2, 0) is 6.18 Å². The van der Waals surface area contributed by atoms with Crippen molar-refractivity contribution >= 4 is 28.2 Å². The molecule has 0 spiro atoms. The fourth-order valence-electron chi connectivity index (χ4n) is 4.44. The summed E-state index contributed by atoms with van der Waals surface area (Å²) in [5.41, 5.74) is -0.664. The molecule has 10 heteroatoms. The number of benzene rings is 2. The Balaban J connectivity index is 1.51. The lowest BCUT2D eigenvalue weighted by molar-refractivity contribution is -0.137. The van der Waals surface area contributed by atoms with Gasteiger partial charge >= 0.3 is 12.1 Å². The Hall–Kier alpha value is -3.40. The number of fused-ring (bicyclic) bond motifs is 1. The maximum atomic E-state index is 15.5. The third kappa shape index (κ3) is 3.62. The maximum Gasteiger partial charge on any atom is 0.416 e. The number of carboxylic acid groups (broad SMARTS) is 1. The highest BCUT2D eigenvalue weighted by atomic mass is 32.1. The number of carboxylic acids is 1. The van der Waals surface area contributed by atoms with Crippen molar-refractivity contribution in [2.24, 2.45) is 11.8 Å². The molecule has 5 rings (SSSR count). The van der Waals surface area contributed by atoms with E-state index in [1.165, 1.54) is 11.4 Å². The van der Waals surface area contributed by atoms with E-state index >= 15 is 4.39 Å². The zero-order valence-corrected chi connectivity index (χ0v) is 18.4. The SMILES string of the molecule is Cc1ccc(-c2csc(NC(=O)c3cc(C(F)(F)F)ccc3O)c2C(=O)O)c(F)c1C1C2C[C@H]21. The van der Waals surface area contributed by atoms with Gasteiger partial charge in [-0.3, -0.25) is 4.79 Å². The van der Waals surface area contributed by atoms with E-state index in [1.807, 2.05) is 0 Å². The number of carbonyl (C=O) groups excluding carboxylic acids is 1. The first-order valence-corrected chi connectivity index (χ1v) is 11.2. The minimum Gasteiger partial charge on any atom is -0.507 e. The van der Waals surface area contributed by atoms with Crippen molar-refractivity contribution in [1.29, 1.82) is 0 Å². The molecule has 1 heterocycles. The van der Waals surface area contributed by atoms with Crippen LogP contribution in [0.2, 0.25) is 0 Å². The van der Waals surface area contributed by atoms with E-state index in [1.54, 1.807) is 13.0 Å². The Morgan fingerprint density at radius 3 is 2.41 bits per heavy atom. The third-order valence-corrected chi connectivity index (χ3v) is 7.39. The maximum absolute atomic E-state index is 15.5. The fourth-order valence-corrected chi connectivity index (χ4v) is 5.39. The number of nitrogens with one attached hydrogen (secondary N) is 1. The molecule has 34 heavy (non-hydrogen) atoms. The van der Waals surface area contributed by atoms with E-state index in [0.717, 1.165) is 29.4 Å². The zero-order valence-electron chi connectivity index (χ0n) is 17.5. The van der Waals surface area contributed by atoms with Gasteiger partial charge in [0.2, 0.25) is 0 Å². The van der Waals surface area contributed by atoms with Gasteiger partial charge in [0.1, 0.15) is 22.1 Å². The first-order chi connectivity index (χ1) is 16.0. The minimum atomic E-state index is -4.74. The second-order valence-corrected chi connectivity index (χ2v) is 9.47. The molecule has 1 amide bonds. The highest BCUT2D eigenvalue weighted by Crippen LogP contribution is 2.74. The van der Waals surface area contributed by atoms with Gasteiger partial charge in [-0.25, -0.2) is 9.18 Å². The Labute approximate surface area is 194 Å². The number of halogens is 4. The van der Waals surface area contributed by atoms with Crippen LogP contribution in [0.3, 0.4) is 0 Å². The molecule has 0 aliphatic heterocycles. The number of amides is 1. The van der Waals surface area contributed by atoms with Crippen LogP contribution in [0.25, 0.3) is 11.1 Å². The predicted octanol–water partition coefficient (Wildman–Crippen LogP) is 6.27. The van der Waals surface area contributed by atoms with Crippen molar-refractivity contribution in [3.8, 4) is 16.9 Å². The largest absolute Gasteiger partial charge is 0.507 e. The number of phenols is 1. The molecular formula is C24H17F4NO4S. The molecule has 2 saturated carbocycles. The number of aromatic carboxylic acids is 1. The van der Waals surface area contributed by atoms with E-state index in [0.29, 0.717) is 29.5 Å². The predicted molar refractivity (Wildman–Crippen MR) is 117 cm³/mol. The molecule has 2 aliphatic rings. The normalized spacial score (nSPS) is 20.6. The van der Waals surface area contributed by atoms with Crippen LogP contribution in [0, 0.1) is 24.6 Å². The van der Waals surface area contributed by atoms with Crippen LogP contribution in [0.5, 0.6) is 5.75 Å². The second kappa shape index (κ2) is 7.56. The molecule has 3 N–H and O–H groups in total. The summed E-state index contributed by atoms with van der Waals surface area (Å²) in [6.07, 6.45) is -3.67. The molecule has 0 radical (unpaired) electrons. The fraction of sp³-hybridized carbons (Fsp3) is 0.250. The summed E-state index contributed by atoms with van der Waals surface area (Å²) in [4.78, 5) is 24.7. The van der Waals surface area contributed by atoms with Gasteiger partial charge in [0, 0.05) is 16.5 Å². The molecule has 176 valence electrons. The van der Waals surface area contributed by atoms with Crippen molar-refractivity contribution in [2.45, 2.75) is 25.4 Å². The number of aromatic hydroxyl groups is 1. The van der Waals surface area contributed by atoms with Crippen LogP contribution in [0.15, 0.2) is 35.7 Å². The standard InChI is InChI=1S/C24H17F4NO4S/c1-9-2-4-11(20(25)17(9)18-12-7-13(12)18)15-8-34-22(19(15)23(32)33)29-21(31)14-6-10(24(26,27)28)3-5-16(14)30/h2-6,8,12-13,18,30H,7H2,1H3,(H,29,31)(H,32,33)/t12-,13?,18?/m1/s1. The number of rotatable bonds is 5. The Morgan fingerprint density at radius 2 is 1.82 bits per heavy atom. The van der Waals surface area contributed by atoms with Crippen LogP contribution in [0.1, 0.15) is 49.7 Å². The van der Waals surface area contributed by atoms with E-state index in [-0.39, 0.29) is 27.6 Å². The molecule has 5 nitrogen and oxygen atoms in total. The number of aryl methyl sites for hydroxylation is 1. The zero-order chi connectivity index (χ0) is 24.5. The van der Waals surface area contributed by atoms with Crippen molar-refractivity contribution in [2.75, 3.05) is 5.32 Å². The monoisotopic (exact) mass is 491 g/mol. The average molecular weight is 491 g/mol. The van der Waals surface area contributed by atoms with Gasteiger partial charge in [-0.15, -0.1) is 11.3 Å². The van der Waals surface area contributed by atoms with E-state index < -0.39 is 40.7 Å². The molecule has 3 aromatic rings. The van der Waals surface area contributed by atoms with Gasteiger partial charge in [-0.05, 0) is 60.4 Å². The van der Waals surface area contributed by atoms with Crippen LogP contribution in [0.4, 0.5) is 22.6 Å². The summed E-state index contributed by atoms with van der Waals surface area (Å²) in [5, 5.41) is 23.2. The number of phenolic OH excluding ortho intramolecular Hbond substituents is 1. The molecular weight excluding hydrogens is 474 g/mol. The Kier molecular flexibility index (Phi) is 4.98. The number of carbonyl (C=O) groups is 2. The summed E-state index contributed by atoms with van der Waals surface area (Å²) in [6, 6.07) is 5.06. The second-order valence-electron chi connectivity index (χ2n) is 8.59. The molecule has 0 saturated heterocycles. The number of thiophene rings is 1. The number of hydrogen-bond donors (Lipinski definition) is 3. The van der Waals surface area contributed by atoms with Crippen LogP contribution in [-0.4, -0.2) is 22.1 Å². The van der Waals surface area contributed by atoms with E-state index in [9.17, 15) is 33.0 Å². The number of anilines is 1. The van der Waals surface area contributed by atoms with Gasteiger partial charge in [0.15, 0.2) is 0 Å². The lowest BCUT2D eigenvalue weighted by Gasteiger charge is -2.14. The van der Waals surface area contributed by atoms with Gasteiger partial charge in [-0.2, -0.15) is 13.2 Å². The topological polar surface area (TPSA) is 86.6 Å². The van der Waals surface area contributed by atoms with Crippen LogP contribution >= 0.6 is 11.3 Å². The summed E-state index contributed by atoms with van der Waals surface area (Å²) in [7, 11) is 0. The highest BCUT2D eigenvalue weighted by molar-refractivity contribution is 7.15. The average Bonchev–Trinajstić information content (AvgIpc) is 3.63. The molecule has 3 atom stereocenters. The summed E-state index contributed by atoms with van der Waals surface area (Å²) >= 11 is 0.807. The van der Waals surface area contributed by atoms with Gasteiger partial charge in [-0.1, -0.05) is 12.1 Å². The van der Waals surface area contributed by atoms with Crippen molar-refractivity contribution < 1.29 is 37.4 Å². The van der Waals surface area contributed by atoms with Crippen molar-refractivity contribution in [1.82, 2.24) is 0 Å². The molecule has 2 fully saturated rings. The van der Waals surface area contributed by atoms with E-state index in [2.05, 4.69) is 5.32 Å². The smallest absolute Gasteiger partial charge is 0.416 e. The molecule has 2 unspecified atom stereocenters. The first kappa shape index (κ1) is 22.4. The first-order valence-electron chi connectivity index (χ1n) is 10.3. The van der Waals surface area contributed by atoms with Crippen LogP contribution < -0.4 is 5.32 Å².